The molecule has 4 rings (SSSR count). The van der Waals surface area contributed by atoms with Crippen LogP contribution in [-0.2, 0) is 0 Å². The molecular formula is C23H26N4. The number of hydrogen-bond acceptors (Lipinski definition) is 4. The summed E-state index contributed by atoms with van der Waals surface area (Å²) in [6, 6.07) is 25.4. The van der Waals surface area contributed by atoms with E-state index in [-0.39, 0.29) is 6.04 Å². The average Bonchev–Trinajstić information content (AvgIpc) is 2.74. The Morgan fingerprint density at radius 2 is 1.41 bits per heavy atom. The lowest BCUT2D eigenvalue weighted by Gasteiger charge is -2.34. The first-order valence-electron chi connectivity index (χ1n) is 9.55. The third kappa shape index (κ3) is 4.29. The molecule has 1 fully saturated rings. The fraction of sp³-hybridized carbons (Fsp3) is 0.261. The minimum absolute atomic E-state index is 0.0719. The zero-order valence-electron chi connectivity index (χ0n) is 15.8. The van der Waals surface area contributed by atoms with Gasteiger partial charge in [-0.25, -0.2) is 4.98 Å². The summed E-state index contributed by atoms with van der Waals surface area (Å²) in [6.45, 7) is 4.31. The van der Waals surface area contributed by atoms with Crippen LogP contribution in [0.4, 0.5) is 11.5 Å². The molecule has 1 aliphatic rings. The van der Waals surface area contributed by atoms with Gasteiger partial charge in [0.25, 0.3) is 0 Å². The van der Waals surface area contributed by atoms with Crippen molar-refractivity contribution in [2.75, 3.05) is 43.4 Å². The second kappa shape index (κ2) is 8.23. The van der Waals surface area contributed by atoms with E-state index >= 15 is 0 Å². The molecule has 0 bridgehead atoms. The van der Waals surface area contributed by atoms with E-state index in [1.54, 1.807) is 0 Å². The second-order valence-corrected chi connectivity index (χ2v) is 7.09. The monoisotopic (exact) mass is 358 g/mol. The number of aromatic nitrogens is 1. The third-order valence-electron chi connectivity index (χ3n) is 5.17. The fourth-order valence-electron chi connectivity index (χ4n) is 3.56. The topological polar surface area (TPSA) is 31.4 Å². The van der Waals surface area contributed by atoms with Crippen LogP contribution in [0.15, 0.2) is 79.0 Å². The van der Waals surface area contributed by atoms with Crippen LogP contribution in [-0.4, -0.2) is 43.1 Å². The molecule has 1 aliphatic heterocycles. The quantitative estimate of drug-likeness (QED) is 0.746. The molecule has 1 N–H and O–H groups in total. The van der Waals surface area contributed by atoms with Crippen molar-refractivity contribution in [3.05, 3.63) is 90.1 Å². The number of benzene rings is 2. The van der Waals surface area contributed by atoms with Crippen LogP contribution in [0, 0.1) is 0 Å². The number of likely N-dealkylation sites (N-methyl/N-ethyl adjacent to an activating group) is 1. The van der Waals surface area contributed by atoms with Crippen molar-refractivity contribution in [2.24, 2.45) is 0 Å². The maximum atomic E-state index is 4.59. The van der Waals surface area contributed by atoms with E-state index in [4.69, 9.17) is 0 Å². The van der Waals surface area contributed by atoms with Crippen LogP contribution in [0.5, 0.6) is 0 Å². The van der Waals surface area contributed by atoms with Gasteiger partial charge in [0.1, 0.15) is 5.82 Å². The molecule has 0 unspecified atom stereocenters. The van der Waals surface area contributed by atoms with Gasteiger partial charge in [0.2, 0.25) is 0 Å². The molecule has 1 aromatic heterocycles. The third-order valence-corrected chi connectivity index (χ3v) is 5.17. The van der Waals surface area contributed by atoms with Crippen LogP contribution in [0.1, 0.15) is 17.2 Å². The van der Waals surface area contributed by atoms with E-state index in [0.717, 1.165) is 32.0 Å². The normalized spacial score (nSPS) is 15.1. The van der Waals surface area contributed by atoms with Crippen LogP contribution in [0.2, 0.25) is 0 Å². The highest BCUT2D eigenvalue weighted by Gasteiger charge is 2.17. The summed E-state index contributed by atoms with van der Waals surface area (Å²) in [6.07, 6.45) is 1.91. The standard InChI is InChI=1S/C23H26N4/c1-26-14-16-27(17-15-26)21-12-13-24-22(18-21)25-23(19-8-4-2-5-9-19)20-10-6-3-7-11-20/h2-13,18,23H,14-17H2,1H3,(H,24,25). The van der Waals surface area contributed by atoms with Gasteiger partial charge in [-0.3, -0.25) is 0 Å². The Kier molecular flexibility index (Phi) is 5.35. The summed E-state index contributed by atoms with van der Waals surface area (Å²) in [4.78, 5) is 9.40. The van der Waals surface area contributed by atoms with Gasteiger partial charge in [-0.2, -0.15) is 0 Å². The molecular weight excluding hydrogens is 332 g/mol. The first kappa shape index (κ1) is 17.6. The zero-order valence-corrected chi connectivity index (χ0v) is 15.8. The lowest BCUT2D eigenvalue weighted by molar-refractivity contribution is 0.313. The average molecular weight is 358 g/mol. The minimum atomic E-state index is 0.0719. The molecule has 0 radical (unpaired) electrons. The SMILES string of the molecule is CN1CCN(c2ccnc(NC(c3ccccc3)c3ccccc3)c2)CC1. The molecule has 4 heteroatoms. The molecule has 4 nitrogen and oxygen atoms in total. The molecule has 0 aliphatic carbocycles. The van der Waals surface area contributed by atoms with Gasteiger partial charge in [-0.15, -0.1) is 0 Å². The van der Waals surface area contributed by atoms with Gasteiger partial charge in [0.05, 0.1) is 6.04 Å². The number of nitrogens with zero attached hydrogens (tertiary/aromatic N) is 3. The first-order chi connectivity index (χ1) is 13.3. The van der Waals surface area contributed by atoms with Crippen molar-refractivity contribution in [1.29, 1.82) is 0 Å². The maximum absolute atomic E-state index is 4.59. The van der Waals surface area contributed by atoms with Crippen molar-refractivity contribution < 1.29 is 0 Å². The lowest BCUT2D eigenvalue weighted by Crippen LogP contribution is -2.44. The number of pyridine rings is 1. The molecule has 2 aromatic carbocycles. The lowest BCUT2D eigenvalue weighted by atomic mass is 9.99. The Bertz CT molecular complexity index is 803. The number of hydrogen-bond donors (Lipinski definition) is 1. The van der Waals surface area contributed by atoms with E-state index in [0.29, 0.717) is 0 Å². The van der Waals surface area contributed by atoms with Crippen molar-refractivity contribution in [1.82, 2.24) is 9.88 Å². The van der Waals surface area contributed by atoms with E-state index in [1.165, 1.54) is 16.8 Å². The van der Waals surface area contributed by atoms with Gasteiger partial charge < -0.3 is 15.1 Å². The second-order valence-electron chi connectivity index (χ2n) is 7.09. The summed E-state index contributed by atoms with van der Waals surface area (Å²) in [5.74, 6) is 0.907. The Hall–Kier alpha value is -2.85. The molecule has 27 heavy (non-hydrogen) atoms. The molecule has 0 atom stereocenters. The number of piperazine rings is 1. The van der Waals surface area contributed by atoms with Crippen LogP contribution in [0.25, 0.3) is 0 Å². The highest BCUT2D eigenvalue weighted by molar-refractivity contribution is 5.56. The highest BCUT2D eigenvalue weighted by atomic mass is 15.2. The largest absolute Gasteiger partial charge is 0.369 e. The van der Waals surface area contributed by atoms with Gasteiger partial charge in [0, 0.05) is 44.1 Å². The molecule has 1 saturated heterocycles. The molecule has 0 amide bonds. The van der Waals surface area contributed by atoms with Gasteiger partial charge in [-0.05, 0) is 24.2 Å². The summed E-state index contributed by atoms with van der Waals surface area (Å²) < 4.78 is 0. The van der Waals surface area contributed by atoms with Crippen molar-refractivity contribution in [2.45, 2.75) is 6.04 Å². The first-order valence-corrected chi connectivity index (χ1v) is 9.55. The van der Waals surface area contributed by atoms with Crippen molar-refractivity contribution in [3.63, 3.8) is 0 Å². The highest BCUT2D eigenvalue weighted by Crippen LogP contribution is 2.27. The molecule has 0 saturated carbocycles. The summed E-state index contributed by atoms with van der Waals surface area (Å²) in [5.41, 5.74) is 3.70. The van der Waals surface area contributed by atoms with Crippen LogP contribution < -0.4 is 10.2 Å². The van der Waals surface area contributed by atoms with E-state index < -0.39 is 0 Å². The number of nitrogens with one attached hydrogen (secondary N) is 1. The van der Waals surface area contributed by atoms with Gasteiger partial charge in [0.15, 0.2) is 0 Å². The summed E-state index contributed by atoms with van der Waals surface area (Å²) in [7, 11) is 2.18. The van der Waals surface area contributed by atoms with E-state index in [1.807, 2.05) is 6.20 Å². The maximum Gasteiger partial charge on any atom is 0.128 e. The Morgan fingerprint density at radius 1 is 0.815 bits per heavy atom. The van der Waals surface area contributed by atoms with Crippen LogP contribution in [0.3, 0.4) is 0 Å². The zero-order chi connectivity index (χ0) is 18.5. The summed E-state index contributed by atoms with van der Waals surface area (Å²) >= 11 is 0. The fourth-order valence-corrected chi connectivity index (χ4v) is 3.56. The van der Waals surface area contributed by atoms with E-state index in [9.17, 15) is 0 Å². The molecule has 138 valence electrons. The Morgan fingerprint density at radius 3 is 2.00 bits per heavy atom. The Labute approximate surface area is 161 Å². The minimum Gasteiger partial charge on any atom is -0.369 e. The molecule has 3 aromatic rings. The predicted octanol–water partition coefficient (Wildman–Crippen LogP) is 4.03. The predicted molar refractivity (Wildman–Crippen MR) is 112 cm³/mol. The van der Waals surface area contributed by atoms with Crippen molar-refractivity contribution >= 4 is 11.5 Å². The van der Waals surface area contributed by atoms with Crippen LogP contribution >= 0.6 is 0 Å². The van der Waals surface area contributed by atoms with Crippen molar-refractivity contribution in [3.8, 4) is 0 Å². The number of rotatable bonds is 5. The Balaban J connectivity index is 1.59. The van der Waals surface area contributed by atoms with E-state index in [2.05, 4.69) is 99.9 Å². The van der Waals surface area contributed by atoms with Gasteiger partial charge in [-0.1, -0.05) is 60.7 Å². The summed E-state index contributed by atoms with van der Waals surface area (Å²) in [5, 5.41) is 3.65. The van der Waals surface area contributed by atoms with Gasteiger partial charge >= 0.3 is 0 Å². The molecule has 0 spiro atoms. The molecule has 2 heterocycles. The number of anilines is 2. The smallest absolute Gasteiger partial charge is 0.128 e.